The molecule has 4 rings (SSSR count). The SMILES string of the molecule is O=C(O[C@@H](C(=O)N1CCOCC1)c1ccccc1)C(c1ccccc1)c1ccccc1. The van der Waals surface area contributed by atoms with Crippen molar-refractivity contribution in [3.63, 3.8) is 0 Å². The highest BCUT2D eigenvalue weighted by molar-refractivity contribution is 5.88. The van der Waals surface area contributed by atoms with Gasteiger partial charge in [0.15, 0.2) is 0 Å². The molecule has 0 aromatic heterocycles. The summed E-state index contributed by atoms with van der Waals surface area (Å²) in [5.74, 6) is -1.29. The van der Waals surface area contributed by atoms with Crippen molar-refractivity contribution in [2.75, 3.05) is 26.3 Å². The molecule has 3 aromatic rings. The zero-order valence-electron chi connectivity index (χ0n) is 17.2. The van der Waals surface area contributed by atoms with E-state index in [1.807, 2.05) is 91.0 Å². The predicted molar refractivity (Wildman–Crippen MR) is 117 cm³/mol. The highest BCUT2D eigenvalue weighted by Crippen LogP contribution is 2.30. The van der Waals surface area contributed by atoms with Crippen LogP contribution in [0.3, 0.4) is 0 Å². The predicted octanol–water partition coefficient (Wildman–Crippen LogP) is 3.96. The summed E-state index contributed by atoms with van der Waals surface area (Å²) in [7, 11) is 0. The Kier molecular flexibility index (Phi) is 6.75. The number of benzene rings is 3. The van der Waals surface area contributed by atoms with Gasteiger partial charge >= 0.3 is 5.97 Å². The Balaban J connectivity index is 1.65. The van der Waals surface area contributed by atoms with Crippen molar-refractivity contribution in [3.8, 4) is 0 Å². The van der Waals surface area contributed by atoms with E-state index in [2.05, 4.69) is 0 Å². The van der Waals surface area contributed by atoms with Crippen LogP contribution in [0.2, 0.25) is 0 Å². The molecular formula is C26H25NO4. The summed E-state index contributed by atoms with van der Waals surface area (Å²) in [6.07, 6.45) is -0.998. The molecule has 1 heterocycles. The average Bonchev–Trinajstić information content (AvgIpc) is 2.85. The van der Waals surface area contributed by atoms with Crippen LogP contribution < -0.4 is 0 Å². The first-order valence-corrected chi connectivity index (χ1v) is 10.5. The van der Waals surface area contributed by atoms with E-state index in [1.165, 1.54) is 0 Å². The second-order valence-corrected chi connectivity index (χ2v) is 7.42. The second-order valence-electron chi connectivity index (χ2n) is 7.42. The van der Waals surface area contributed by atoms with Crippen molar-refractivity contribution in [1.29, 1.82) is 0 Å². The van der Waals surface area contributed by atoms with E-state index in [0.29, 0.717) is 31.9 Å². The number of hydrogen-bond donors (Lipinski definition) is 0. The lowest BCUT2D eigenvalue weighted by atomic mass is 9.91. The van der Waals surface area contributed by atoms with Gasteiger partial charge in [-0.15, -0.1) is 0 Å². The first kappa shape index (κ1) is 20.8. The molecule has 1 aliphatic heterocycles. The number of carbonyl (C=O) groups excluding carboxylic acids is 2. The minimum Gasteiger partial charge on any atom is -0.447 e. The molecule has 0 aliphatic carbocycles. The van der Waals surface area contributed by atoms with E-state index in [9.17, 15) is 9.59 Å². The number of rotatable bonds is 6. The van der Waals surface area contributed by atoms with Gasteiger partial charge in [-0.3, -0.25) is 9.59 Å². The molecule has 0 unspecified atom stereocenters. The van der Waals surface area contributed by atoms with Crippen molar-refractivity contribution in [2.24, 2.45) is 0 Å². The van der Waals surface area contributed by atoms with Crippen LogP contribution in [0.15, 0.2) is 91.0 Å². The van der Waals surface area contributed by atoms with E-state index >= 15 is 0 Å². The third-order valence-electron chi connectivity index (χ3n) is 5.38. The summed E-state index contributed by atoms with van der Waals surface area (Å²) in [4.78, 5) is 28.5. The molecule has 1 saturated heterocycles. The van der Waals surface area contributed by atoms with Crippen molar-refractivity contribution >= 4 is 11.9 Å². The fourth-order valence-electron chi connectivity index (χ4n) is 3.78. The Hall–Kier alpha value is -3.44. The minimum absolute atomic E-state index is 0.220. The Morgan fingerprint density at radius 3 is 1.65 bits per heavy atom. The van der Waals surface area contributed by atoms with Gasteiger partial charge < -0.3 is 14.4 Å². The smallest absolute Gasteiger partial charge is 0.319 e. The van der Waals surface area contributed by atoms with Crippen LogP contribution in [-0.4, -0.2) is 43.1 Å². The van der Waals surface area contributed by atoms with Crippen LogP contribution in [0.25, 0.3) is 0 Å². The molecule has 5 nitrogen and oxygen atoms in total. The third-order valence-corrected chi connectivity index (χ3v) is 5.38. The van der Waals surface area contributed by atoms with Gasteiger partial charge in [0.25, 0.3) is 5.91 Å². The summed E-state index contributed by atoms with van der Waals surface area (Å²) in [5.41, 5.74) is 2.31. The van der Waals surface area contributed by atoms with Crippen molar-refractivity contribution in [1.82, 2.24) is 4.90 Å². The molecule has 31 heavy (non-hydrogen) atoms. The van der Waals surface area contributed by atoms with E-state index in [1.54, 1.807) is 4.90 Å². The lowest BCUT2D eigenvalue weighted by molar-refractivity contribution is -0.163. The standard InChI is InChI=1S/C26H25NO4/c28-25(27-16-18-30-19-17-27)24(22-14-8-3-9-15-22)31-26(29)23(20-10-4-1-5-11-20)21-12-6-2-7-13-21/h1-15,23-24H,16-19H2/t24-/m1/s1. The van der Waals surface area contributed by atoms with Crippen LogP contribution in [0, 0.1) is 0 Å². The van der Waals surface area contributed by atoms with Gasteiger partial charge in [0.2, 0.25) is 6.10 Å². The van der Waals surface area contributed by atoms with E-state index in [-0.39, 0.29) is 5.91 Å². The summed E-state index contributed by atoms with van der Waals surface area (Å²) in [6.45, 7) is 1.94. The summed E-state index contributed by atoms with van der Waals surface area (Å²) in [6, 6.07) is 28.2. The summed E-state index contributed by atoms with van der Waals surface area (Å²) in [5, 5.41) is 0. The van der Waals surface area contributed by atoms with Gasteiger partial charge in [-0.2, -0.15) is 0 Å². The normalized spacial score (nSPS) is 14.8. The first-order chi connectivity index (χ1) is 15.2. The van der Waals surface area contributed by atoms with Crippen LogP contribution >= 0.6 is 0 Å². The molecule has 1 aliphatic rings. The first-order valence-electron chi connectivity index (χ1n) is 10.5. The van der Waals surface area contributed by atoms with E-state index in [0.717, 1.165) is 11.1 Å². The fraction of sp³-hybridized carbons (Fsp3) is 0.231. The van der Waals surface area contributed by atoms with Gasteiger partial charge in [-0.1, -0.05) is 91.0 Å². The monoisotopic (exact) mass is 415 g/mol. The number of ether oxygens (including phenoxy) is 2. The minimum atomic E-state index is -0.998. The Bertz CT molecular complexity index is 946. The highest BCUT2D eigenvalue weighted by atomic mass is 16.5. The number of esters is 1. The summed E-state index contributed by atoms with van der Waals surface area (Å²) < 4.78 is 11.3. The molecule has 0 N–H and O–H groups in total. The van der Waals surface area contributed by atoms with Gasteiger partial charge in [0.1, 0.15) is 5.92 Å². The van der Waals surface area contributed by atoms with Gasteiger partial charge in [0, 0.05) is 18.7 Å². The molecule has 1 amide bonds. The largest absolute Gasteiger partial charge is 0.447 e. The molecule has 158 valence electrons. The molecule has 0 radical (unpaired) electrons. The van der Waals surface area contributed by atoms with Crippen molar-refractivity contribution < 1.29 is 19.1 Å². The van der Waals surface area contributed by atoms with Gasteiger partial charge in [0.05, 0.1) is 13.2 Å². The highest BCUT2D eigenvalue weighted by Gasteiger charge is 2.33. The van der Waals surface area contributed by atoms with Gasteiger partial charge in [-0.05, 0) is 11.1 Å². The van der Waals surface area contributed by atoms with Gasteiger partial charge in [-0.25, -0.2) is 0 Å². The maximum Gasteiger partial charge on any atom is 0.319 e. The molecule has 0 bridgehead atoms. The Morgan fingerprint density at radius 2 is 1.16 bits per heavy atom. The molecule has 0 spiro atoms. The zero-order valence-corrected chi connectivity index (χ0v) is 17.2. The number of amides is 1. The zero-order chi connectivity index (χ0) is 21.5. The lowest BCUT2D eigenvalue weighted by Crippen LogP contribution is -2.44. The van der Waals surface area contributed by atoms with Crippen molar-refractivity contribution in [2.45, 2.75) is 12.0 Å². The summed E-state index contributed by atoms with van der Waals surface area (Å²) >= 11 is 0. The maximum atomic E-state index is 13.5. The van der Waals surface area contributed by atoms with Crippen LogP contribution in [-0.2, 0) is 19.1 Å². The van der Waals surface area contributed by atoms with Crippen LogP contribution in [0.1, 0.15) is 28.7 Å². The lowest BCUT2D eigenvalue weighted by Gasteiger charge is -2.31. The number of hydrogen-bond acceptors (Lipinski definition) is 4. The maximum absolute atomic E-state index is 13.5. The molecule has 1 atom stereocenters. The average molecular weight is 415 g/mol. The van der Waals surface area contributed by atoms with Crippen molar-refractivity contribution in [3.05, 3.63) is 108 Å². The molecule has 0 saturated carbocycles. The third kappa shape index (κ3) is 5.01. The number of carbonyl (C=O) groups is 2. The van der Waals surface area contributed by atoms with Crippen LogP contribution in [0.5, 0.6) is 0 Å². The van der Waals surface area contributed by atoms with E-state index in [4.69, 9.17) is 9.47 Å². The molecule has 3 aromatic carbocycles. The topological polar surface area (TPSA) is 55.8 Å². The van der Waals surface area contributed by atoms with E-state index < -0.39 is 18.0 Å². The second kappa shape index (κ2) is 10.0. The molecular weight excluding hydrogens is 390 g/mol. The Labute approximate surface area is 182 Å². The quantitative estimate of drug-likeness (QED) is 0.572. The number of nitrogens with zero attached hydrogens (tertiary/aromatic N) is 1. The molecule has 1 fully saturated rings. The molecule has 5 heteroatoms. The Morgan fingerprint density at radius 1 is 0.710 bits per heavy atom. The van der Waals surface area contributed by atoms with Crippen LogP contribution in [0.4, 0.5) is 0 Å². The number of morpholine rings is 1. The fourth-order valence-corrected chi connectivity index (χ4v) is 3.78.